The lowest BCUT2D eigenvalue weighted by molar-refractivity contribution is -0.131. The molecule has 74 valence electrons. The van der Waals surface area contributed by atoms with Crippen molar-refractivity contribution in [2.75, 3.05) is 0 Å². The molecule has 1 rings (SSSR count). The van der Waals surface area contributed by atoms with Crippen LogP contribution in [0.2, 0.25) is 0 Å². The third-order valence-corrected chi connectivity index (χ3v) is 2.72. The van der Waals surface area contributed by atoms with Gasteiger partial charge >= 0.3 is 5.97 Å². The summed E-state index contributed by atoms with van der Waals surface area (Å²) in [7, 11) is 0. The fraction of sp³-hybridized carbons (Fsp3) is 0. The van der Waals surface area contributed by atoms with Crippen molar-refractivity contribution in [2.45, 2.75) is 0 Å². The van der Waals surface area contributed by atoms with E-state index in [0.717, 1.165) is 6.08 Å². The van der Waals surface area contributed by atoms with E-state index in [4.69, 9.17) is 5.11 Å². The normalized spacial score (nSPS) is 10.8. The van der Waals surface area contributed by atoms with E-state index in [1.54, 1.807) is 6.07 Å². The topological polar surface area (TPSA) is 37.3 Å². The van der Waals surface area contributed by atoms with E-state index >= 15 is 0 Å². The van der Waals surface area contributed by atoms with Crippen LogP contribution in [0.1, 0.15) is 5.56 Å². The number of carboxylic acids is 1. The van der Waals surface area contributed by atoms with E-state index in [-0.39, 0.29) is 4.47 Å². The molecule has 0 radical (unpaired) electrons. The van der Waals surface area contributed by atoms with Crippen LogP contribution in [0.3, 0.4) is 0 Å². The molecule has 1 aromatic rings. The fourth-order valence-electron chi connectivity index (χ4n) is 0.858. The second-order valence-corrected chi connectivity index (χ2v) is 4.17. The van der Waals surface area contributed by atoms with Crippen molar-refractivity contribution >= 4 is 43.9 Å². The molecule has 14 heavy (non-hydrogen) atoms. The van der Waals surface area contributed by atoms with Gasteiger partial charge < -0.3 is 5.11 Å². The summed E-state index contributed by atoms with van der Waals surface area (Å²) < 4.78 is 13.9. The van der Waals surface area contributed by atoms with Gasteiger partial charge in [0.1, 0.15) is 5.82 Å². The second kappa shape index (κ2) is 4.70. The largest absolute Gasteiger partial charge is 0.478 e. The quantitative estimate of drug-likeness (QED) is 0.668. The SMILES string of the molecule is O=C(O)C=Cc1cc(Br)cc(F)c1Br. The second-order valence-electron chi connectivity index (χ2n) is 2.46. The lowest BCUT2D eigenvalue weighted by Gasteiger charge is -2.00. The lowest BCUT2D eigenvalue weighted by atomic mass is 10.2. The van der Waals surface area contributed by atoms with E-state index in [2.05, 4.69) is 31.9 Å². The number of carbonyl (C=O) groups is 1. The summed E-state index contributed by atoms with van der Waals surface area (Å²) in [5, 5.41) is 8.40. The highest BCUT2D eigenvalue weighted by Crippen LogP contribution is 2.26. The first-order chi connectivity index (χ1) is 6.50. The number of aliphatic carboxylic acids is 1. The maximum atomic E-state index is 13.1. The number of benzene rings is 1. The first-order valence-corrected chi connectivity index (χ1v) is 5.15. The van der Waals surface area contributed by atoms with Crippen LogP contribution >= 0.6 is 31.9 Å². The molecule has 0 bridgehead atoms. The molecule has 2 nitrogen and oxygen atoms in total. The van der Waals surface area contributed by atoms with Crippen LogP contribution in [0.5, 0.6) is 0 Å². The summed E-state index contributed by atoms with van der Waals surface area (Å²) in [5.74, 6) is -1.51. The Hall–Kier alpha value is -0.680. The van der Waals surface area contributed by atoms with Crippen LogP contribution in [-0.2, 0) is 4.79 Å². The molecule has 1 N–H and O–H groups in total. The van der Waals surface area contributed by atoms with Crippen LogP contribution < -0.4 is 0 Å². The van der Waals surface area contributed by atoms with Gasteiger partial charge in [-0.25, -0.2) is 9.18 Å². The zero-order valence-electron chi connectivity index (χ0n) is 6.80. The van der Waals surface area contributed by atoms with Gasteiger partial charge in [-0.05, 0) is 39.7 Å². The highest BCUT2D eigenvalue weighted by Gasteiger charge is 2.05. The molecule has 0 aliphatic rings. The van der Waals surface area contributed by atoms with Crippen molar-refractivity contribution in [1.29, 1.82) is 0 Å². The Kier molecular flexibility index (Phi) is 3.83. The van der Waals surface area contributed by atoms with Gasteiger partial charge in [-0.2, -0.15) is 0 Å². The van der Waals surface area contributed by atoms with E-state index < -0.39 is 11.8 Å². The van der Waals surface area contributed by atoms with Gasteiger partial charge in [0, 0.05) is 10.5 Å². The Morgan fingerprint density at radius 3 is 2.64 bits per heavy atom. The fourth-order valence-corrected chi connectivity index (χ4v) is 1.67. The standard InChI is InChI=1S/C9H5Br2FO2/c10-6-3-5(1-2-8(13)14)9(11)7(12)4-6/h1-4H,(H,13,14). The summed E-state index contributed by atoms with van der Waals surface area (Å²) in [6.07, 6.45) is 2.27. The van der Waals surface area contributed by atoms with Crippen molar-refractivity contribution in [3.63, 3.8) is 0 Å². The molecule has 0 aliphatic heterocycles. The summed E-state index contributed by atoms with van der Waals surface area (Å²) in [5.41, 5.74) is 0.472. The van der Waals surface area contributed by atoms with E-state index in [9.17, 15) is 9.18 Å². The van der Waals surface area contributed by atoms with Gasteiger partial charge in [-0.3, -0.25) is 0 Å². The van der Waals surface area contributed by atoms with Crippen LogP contribution in [0.15, 0.2) is 27.2 Å². The number of carboxylic acid groups (broad SMARTS) is 1. The van der Waals surface area contributed by atoms with Crippen LogP contribution in [0, 0.1) is 5.82 Å². The molecule has 0 heterocycles. The Morgan fingerprint density at radius 2 is 2.07 bits per heavy atom. The highest BCUT2D eigenvalue weighted by atomic mass is 79.9. The van der Waals surface area contributed by atoms with Crippen molar-refractivity contribution in [2.24, 2.45) is 0 Å². The lowest BCUT2D eigenvalue weighted by Crippen LogP contribution is -1.88. The number of hydrogen-bond donors (Lipinski definition) is 1. The molecule has 0 unspecified atom stereocenters. The number of rotatable bonds is 2. The van der Waals surface area contributed by atoms with E-state index in [1.807, 2.05) is 0 Å². The van der Waals surface area contributed by atoms with Crippen molar-refractivity contribution in [1.82, 2.24) is 0 Å². The van der Waals surface area contributed by atoms with Gasteiger partial charge in [-0.1, -0.05) is 15.9 Å². The third kappa shape index (κ3) is 2.92. The molecule has 0 aliphatic carbocycles. The highest BCUT2D eigenvalue weighted by molar-refractivity contribution is 9.11. The Balaban J connectivity index is 3.14. The number of hydrogen-bond acceptors (Lipinski definition) is 1. The van der Waals surface area contributed by atoms with Crippen molar-refractivity contribution < 1.29 is 14.3 Å². The monoisotopic (exact) mass is 322 g/mol. The molecular weight excluding hydrogens is 319 g/mol. The average molecular weight is 324 g/mol. The molecule has 1 aromatic carbocycles. The molecule has 0 spiro atoms. The molecule has 0 saturated carbocycles. The smallest absolute Gasteiger partial charge is 0.328 e. The third-order valence-electron chi connectivity index (χ3n) is 1.43. The van der Waals surface area contributed by atoms with Gasteiger partial charge in [-0.15, -0.1) is 0 Å². The van der Waals surface area contributed by atoms with Crippen LogP contribution in [0.25, 0.3) is 6.08 Å². The molecule has 0 amide bonds. The van der Waals surface area contributed by atoms with E-state index in [1.165, 1.54) is 12.1 Å². The molecular formula is C9H5Br2FO2. The molecule has 0 aromatic heterocycles. The zero-order chi connectivity index (χ0) is 10.7. The molecule has 0 saturated heterocycles. The van der Waals surface area contributed by atoms with Crippen molar-refractivity contribution in [3.8, 4) is 0 Å². The van der Waals surface area contributed by atoms with Gasteiger partial charge in [0.2, 0.25) is 0 Å². The molecule has 0 fully saturated rings. The summed E-state index contributed by atoms with van der Waals surface area (Å²) in [6, 6.07) is 2.91. The van der Waals surface area contributed by atoms with Gasteiger partial charge in [0.05, 0.1) is 4.47 Å². The number of halogens is 3. The Bertz CT molecular complexity index is 402. The average Bonchev–Trinajstić information content (AvgIpc) is 2.08. The van der Waals surface area contributed by atoms with Gasteiger partial charge in [0.15, 0.2) is 0 Å². The van der Waals surface area contributed by atoms with Gasteiger partial charge in [0.25, 0.3) is 0 Å². The van der Waals surface area contributed by atoms with Crippen molar-refractivity contribution in [3.05, 3.63) is 38.5 Å². The maximum Gasteiger partial charge on any atom is 0.328 e. The molecule has 0 atom stereocenters. The predicted molar refractivity (Wildman–Crippen MR) is 58.5 cm³/mol. The summed E-state index contributed by atoms with van der Waals surface area (Å²) >= 11 is 6.14. The van der Waals surface area contributed by atoms with Crippen LogP contribution in [0.4, 0.5) is 4.39 Å². The maximum absolute atomic E-state index is 13.1. The first-order valence-electron chi connectivity index (χ1n) is 3.56. The minimum absolute atomic E-state index is 0.248. The summed E-state index contributed by atoms with van der Waals surface area (Å²) in [6.45, 7) is 0. The van der Waals surface area contributed by atoms with E-state index in [0.29, 0.717) is 10.0 Å². The predicted octanol–water partition coefficient (Wildman–Crippen LogP) is 3.45. The minimum Gasteiger partial charge on any atom is -0.478 e. The summed E-state index contributed by atoms with van der Waals surface area (Å²) in [4.78, 5) is 10.2. The van der Waals surface area contributed by atoms with Crippen LogP contribution in [-0.4, -0.2) is 11.1 Å². The zero-order valence-corrected chi connectivity index (χ0v) is 9.97. The first kappa shape index (κ1) is 11.4. The minimum atomic E-state index is -1.07. The Labute approximate surface area is 96.7 Å². The molecule has 5 heteroatoms. The Morgan fingerprint density at radius 1 is 1.43 bits per heavy atom.